The number of carbonyl (C=O) groups is 1. The van der Waals surface area contributed by atoms with Gasteiger partial charge in [-0.05, 0) is 37.9 Å². The molecule has 1 fully saturated rings. The Kier molecular flexibility index (Phi) is 5.26. The van der Waals surface area contributed by atoms with Gasteiger partial charge in [0.15, 0.2) is 5.69 Å². The first-order chi connectivity index (χ1) is 14.4. The molecule has 3 aromatic heterocycles. The summed E-state index contributed by atoms with van der Waals surface area (Å²) in [6.45, 7) is 0.874. The summed E-state index contributed by atoms with van der Waals surface area (Å²) in [4.78, 5) is 21.1. The fourth-order valence-electron chi connectivity index (χ4n) is 2.78. The fraction of sp³-hybridized carbons (Fsp3) is 0.333. The van der Waals surface area contributed by atoms with Gasteiger partial charge in [0.05, 0.1) is 0 Å². The first-order valence-electron chi connectivity index (χ1n) is 9.30. The van der Waals surface area contributed by atoms with E-state index in [1.165, 1.54) is 37.0 Å². The number of rotatable bonds is 8. The van der Waals surface area contributed by atoms with Crippen LogP contribution in [-0.2, 0) is 17.1 Å². The van der Waals surface area contributed by atoms with Gasteiger partial charge in [-0.1, -0.05) is 0 Å². The van der Waals surface area contributed by atoms with Gasteiger partial charge in [-0.25, -0.2) is 23.1 Å². The van der Waals surface area contributed by atoms with Crippen LogP contribution in [0.5, 0.6) is 0 Å². The molecule has 158 valence electrons. The van der Waals surface area contributed by atoms with Gasteiger partial charge < -0.3 is 15.1 Å². The highest BCUT2D eigenvalue weighted by Gasteiger charge is 2.24. The number of hydrogen-bond acceptors (Lipinski definition) is 8. The number of hydrogen-bond donors (Lipinski definition) is 3. The van der Waals surface area contributed by atoms with Crippen molar-refractivity contribution in [1.29, 1.82) is 0 Å². The van der Waals surface area contributed by atoms with Crippen LogP contribution in [0.2, 0.25) is 0 Å². The lowest BCUT2D eigenvalue weighted by Crippen LogP contribution is -2.22. The van der Waals surface area contributed by atoms with E-state index < -0.39 is 15.9 Å². The molecule has 1 saturated carbocycles. The predicted octanol–water partition coefficient (Wildman–Crippen LogP) is 1.45. The van der Waals surface area contributed by atoms with Gasteiger partial charge >= 0.3 is 0 Å². The van der Waals surface area contributed by atoms with Crippen molar-refractivity contribution >= 4 is 27.4 Å². The van der Waals surface area contributed by atoms with Crippen LogP contribution in [-0.4, -0.2) is 47.7 Å². The van der Waals surface area contributed by atoms with Gasteiger partial charge in [-0.15, -0.1) is 0 Å². The monoisotopic (exact) mass is 431 g/mol. The third kappa shape index (κ3) is 4.33. The van der Waals surface area contributed by atoms with Crippen LogP contribution in [0.3, 0.4) is 0 Å². The highest BCUT2D eigenvalue weighted by Crippen LogP contribution is 2.29. The SMILES string of the molecule is CNS(=O)(=O)c1nn(C)cc1NC(=O)c1coc(-c2ccnc(NCC3CC3)c2)n1. The van der Waals surface area contributed by atoms with E-state index in [2.05, 4.69) is 30.4 Å². The summed E-state index contributed by atoms with van der Waals surface area (Å²) in [6.07, 6.45) is 6.71. The molecule has 3 heterocycles. The maximum absolute atomic E-state index is 12.6. The fourth-order valence-corrected chi connectivity index (χ4v) is 3.60. The number of carbonyl (C=O) groups excluding carboxylic acids is 1. The molecule has 12 heteroatoms. The Balaban J connectivity index is 1.51. The van der Waals surface area contributed by atoms with Crippen molar-refractivity contribution in [1.82, 2.24) is 24.5 Å². The molecule has 0 atom stereocenters. The summed E-state index contributed by atoms with van der Waals surface area (Å²) in [7, 11) is -1.02. The molecular formula is C18H21N7O4S. The van der Waals surface area contributed by atoms with Crippen LogP contribution < -0.4 is 15.4 Å². The van der Waals surface area contributed by atoms with Gasteiger partial charge in [0.2, 0.25) is 10.9 Å². The lowest BCUT2D eigenvalue weighted by Gasteiger charge is -2.05. The molecule has 1 aliphatic carbocycles. The zero-order chi connectivity index (χ0) is 21.3. The van der Waals surface area contributed by atoms with Crippen LogP contribution in [0, 0.1) is 5.92 Å². The van der Waals surface area contributed by atoms with Gasteiger partial charge in [0, 0.05) is 31.5 Å². The second-order valence-electron chi connectivity index (χ2n) is 6.98. The molecule has 0 unspecified atom stereocenters. The normalized spacial score (nSPS) is 13.9. The number of aromatic nitrogens is 4. The van der Waals surface area contributed by atoms with Crippen molar-refractivity contribution in [2.75, 3.05) is 24.2 Å². The number of oxazole rings is 1. The molecule has 0 aliphatic heterocycles. The van der Waals surface area contributed by atoms with Gasteiger partial charge in [0.25, 0.3) is 15.9 Å². The largest absolute Gasteiger partial charge is 0.444 e. The van der Waals surface area contributed by atoms with E-state index in [9.17, 15) is 13.2 Å². The van der Waals surface area contributed by atoms with Crippen LogP contribution >= 0.6 is 0 Å². The number of nitrogens with zero attached hydrogens (tertiary/aromatic N) is 4. The van der Waals surface area contributed by atoms with E-state index in [1.807, 2.05) is 0 Å². The van der Waals surface area contributed by atoms with E-state index >= 15 is 0 Å². The van der Waals surface area contributed by atoms with Crippen molar-refractivity contribution in [2.45, 2.75) is 17.9 Å². The molecule has 0 radical (unpaired) electrons. The Hall–Kier alpha value is -3.25. The Morgan fingerprint density at radius 2 is 2.17 bits per heavy atom. The maximum atomic E-state index is 12.6. The van der Waals surface area contributed by atoms with E-state index in [-0.39, 0.29) is 22.3 Å². The molecule has 1 amide bonds. The van der Waals surface area contributed by atoms with Crippen molar-refractivity contribution in [3.8, 4) is 11.5 Å². The Morgan fingerprint density at radius 1 is 1.37 bits per heavy atom. The third-order valence-corrected chi connectivity index (χ3v) is 5.93. The quantitative estimate of drug-likeness (QED) is 0.486. The summed E-state index contributed by atoms with van der Waals surface area (Å²) in [5.74, 6) is 1.05. The lowest BCUT2D eigenvalue weighted by molar-refractivity contribution is 0.102. The van der Waals surface area contributed by atoms with Crippen LogP contribution in [0.1, 0.15) is 23.3 Å². The van der Waals surface area contributed by atoms with Crippen molar-refractivity contribution in [2.24, 2.45) is 13.0 Å². The standard InChI is InChI=1S/C18H21N7O4S/c1-19-30(27,28)18-13(9-25(2)24-18)22-16(26)14-10-29-17(23-14)12-5-6-20-15(7-12)21-8-11-3-4-11/h5-7,9-11,19H,3-4,8H2,1-2H3,(H,20,21)(H,22,26). The molecule has 30 heavy (non-hydrogen) atoms. The van der Waals surface area contributed by atoms with Crippen LogP contribution in [0.4, 0.5) is 11.5 Å². The lowest BCUT2D eigenvalue weighted by atomic mass is 10.2. The number of aryl methyl sites for hydroxylation is 1. The molecule has 4 rings (SSSR count). The van der Waals surface area contributed by atoms with E-state index in [0.717, 1.165) is 6.54 Å². The smallest absolute Gasteiger partial charge is 0.277 e. The number of amides is 1. The number of sulfonamides is 1. The molecule has 3 aromatic rings. The molecule has 1 aliphatic rings. The first-order valence-corrected chi connectivity index (χ1v) is 10.8. The molecular weight excluding hydrogens is 410 g/mol. The van der Waals surface area contributed by atoms with Crippen molar-refractivity contribution in [3.05, 3.63) is 36.5 Å². The second-order valence-corrected chi connectivity index (χ2v) is 8.78. The highest BCUT2D eigenvalue weighted by atomic mass is 32.2. The minimum absolute atomic E-state index is 0.00552. The Bertz CT molecular complexity index is 1180. The molecule has 0 bridgehead atoms. The number of nitrogens with one attached hydrogen (secondary N) is 3. The molecule has 0 aromatic carbocycles. The second kappa shape index (κ2) is 7.88. The number of anilines is 2. The highest BCUT2D eigenvalue weighted by molar-refractivity contribution is 7.89. The average molecular weight is 431 g/mol. The number of pyridine rings is 1. The summed E-state index contributed by atoms with van der Waals surface area (Å²) >= 11 is 0. The molecule has 3 N–H and O–H groups in total. The van der Waals surface area contributed by atoms with Crippen molar-refractivity contribution < 1.29 is 17.6 Å². The molecule has 0 spiro atoms. The maximum Gasteiger partial charge on any atom is 0.277 e. The minimum Gasteiger partial charge on any atom is -0.444 e. The average Bonchev–Trinajstić information content (AvgIpc) is 3.28. The summed E-state index contributed by atoms with van der Waals surface area (Å²) < 4.78 is 33.1. The first kappa shape index (κ1) is 20.0. The topological polar surface area (TPSA) is 144 Å². The zero-order valence-corrected chi connectivity index (χ0v) is 17.2. The van der Waals surface area contributed by atoms with E-state index in [0.29, 0.717) is 17.3 Å². The molecule has 0 saturated heterocycles. The van der Waals surface area contributed by atoms with Crippen LogP contribution in [0.15, 0.2) is 40.2 Å². The Labute approximate surface area is 173 Å². The summed E-state index contributed by atoms with van der Waals surface area (Å²) in [5.41, 5.74) is 0.713. The minimum atomic E-state index is -3.84. The van der Waals surface area contributed by atoms with Gasteiger partial charge in [0.1, 0.15) is 17.8 Å². The van der Waals surface area contributed by atoms with Gasteiger partial charge in [-0.3, -0.25) is 9.48 Å². The van der Waals surface area contributed by atoms with E-state index in [4.69, 9.17) is 4.42 Å². The zero-order valence-electron chi connectivity index (χ0n) is 16.4. The van der Waals surface area contributed by atoms with E-state index in [1.54, 1.807) is 25.4 Å². The molecule has 11 nitrogen and oxygen atoms in total. The van der Waals surface area contributed by atoms with Gasteiger partial charge in [-0.2, -0.15) is 5.10 Å². The van der Waals surface area contributed by atoms with Crippen LogP contribution in [0.25, 0.3) is 11.5 Å². The third-order valence-electron chi connectivity index (χ3n) is 4.58. The summed E-state index contributed by atoms with van der Waals surface area (Å²) in [5, 5.41) is 9.39. The summed E-state index contributed by atoms with van der Waals surface area (Å²) in [6, 6.07) is 3.53. The van der Waals surface area contributed by atoms with Crippen molar-refractivity contribution in [3.63, 3.8) is 0 Å². The predicted molar refractivity (Wildman–Crippen MR) is 108 cm³/mol. The Morgan fingerprint density at radius 3 is 2.90 bits per heavy atom.